The minimum atomic E-state index is -1.61. The molecule has 1 heterocycles. The van der Waals surface area contributed by atoms with Crippen LogP contribution in [-0.2, 0) is 23.8 Å². The van der Waals surface area contributed by atoms with E-state index in [0.29, 0.717) is 19.3 Å². The molecule has 8 unspecified atom stereocenters. The van der Waals surface area contributed by atoms with Gasteiger partial charge in [0.05, 0.1) is 25.4 Å². The molecule has 0 saturated carbocycles. The van der Waals surface area contributed by atoms with Gasteiger partial charge in [-0.05, 0) is 83.5 Å². The van der Waals surface area contributed by atoms with E-state index in [2.05, 4.69) is 62.5 Å². The van der Waals surface area contributed by atoms with Crippen LogP contribution in [0.1, 0.15) is 374 Å². The fourth-order valence-electron chi connectivity index (χ4n) is 12.2. The zero-order valence-corrected chi connectivity index (χ0v) is 58.3. The first-order valence-electron chi connectivity index (χ1n) is 38.4. The van der Waals surface area contributed by atoms with Crippen molar-refractivity contribution >= 4 is 11.9 Å². The number of ether oxygens (including phenoxy) is 3. The second kappa shape index (κ2) is 65.7. The standard InChI is InChI=1S/C78H145NO10/c1-4-7-10-13-16-19-22-25-27-29-31-33-35-37-38-40-42-44-47-50-53-56-59-62-65-71(82)77(86)79-69(70(81)64-61-58-55-52-49-46-24-21-18-15-12-9-6-3)68-87-78-76(75(85)74(84)72(67-80)88-78)89-73(83)66-63-60-57-54-51-48-45-43-41-39-36-34-32-30-28-26-23-20-17-14-11-8-5-2/h16,19,25-28,61,64,69-72,74-76,78,80-82,84-85H,4-15,17-18,20-24,29-60,62-63,65-68H2,1-3H3,(H,79,86)/b19-16-,27-25-,28-26+,64-61+. The van der Waals surface area contributed by atoms with Gasteiger partial charge in [-0.1, -0.05) is 333 Å². The van der Waals surface area contributed by atoms with Crippen LogP contribution in [0.25, 0.3) is 0 Å². The molecule has 6 N–H and O–H groups in total. The van der Waals surface area contributed by atoms with Gasteiger partial charge in [0.25, 0.3) is 0 Å². The predicted molar refractivity (Wildman–Crippen MR) is 375 cm³/mol. The fraction of sp³-hybridized carbons (Fsp3) is 0.872. The normalized spacial score (nSPS) is 18.3. The summed E-state index contributed by atoms with van der Waals surface area (Å²) in [7, 11) is 0. The number of nitrogens with one attached hydrogen (secondary N) is 1. The van der Waals surface area contributed by atoms with Gasteiger partial charge in [0.1, 0.15) is 24.4 Å². The molecule has 1 aliphatic rings. The van der Waals surface area contributed by atoms with Crippen molar-refractivity contribution in [1.82, 2.24) is 5.32 Å². The average molecular weight is 1260 g/mol. The summed E-state index contributed by atoms with van der Waals surface area (Å²) in [5.41, 5.74) is 0. The number of unbranched alkanes of at least 4 members (excludes halogenated alkanes) is 47. The Labute approximate surface area is 548 Å². The van der Waals surface area contributed by atoms with E-state index in [4.69, 9.17) is 14.2 Å². The van der Waals surface area contributed by atoms with Crippen LogP contribution in [0.15, 0.2) is 48.6 Å². The summed E-state index contributed by atoms with van der Waals surface area (Å²) in [6.07, 6.45) is 73.0. The number of carbonyl (C=O) groups is 2. The van der Waals surface area contributed by atoms with Crippen LogP contribution in [0, 0.1) is 0 Å². The molecule has 11 heteroatoms. The number of rotatable bonds is 67. The average Bonchev–Trinajstić information content (AvgIpc) is 3.11. The molecule has 0 aromatic heterocycles. The molecule has 1 rings (SSSR count). The Morgan fingerprint density at radius 3 is 1.18 bits per heavy atom. The second-order valence-electron chi connectivity index (χ2n) is 26.7. The molecule has 11 nitrogen and oxygen atoms in total. The quantitative estimate of drug-likeness (QED) is 0.0195. The van der Waals surface area contributed by atoms with Crippen LogP contribution in [-0.4, -0.2) is 99.6 Å². The molecule has 89 heavy (non-hydrogen) atoms. The summed E-state index contributed by atoms with van der Waals surface area (Å²) < 4.78 is 17.7. The van der Waals surface area contributed by atoms with E-state index < -0.39 is 67.4 Å². The number of aliphatic hydroxyl groups is 5. The number of esters is 1. The maximum absolute atomic E-state index is 13.5. The predicted octanol–water partition coefficient (Wildman–Crippen LogP) is 20.3. The molecule has 1 saturated heterocycles. The van der Waals surface area contributed by atoms with E-state index in [0.717, 1.165) is 64.2 Å². The lowest BCUT2D eigenvalue weighted by molar-refractivity contribution is -0.305. The third kappa shape index (κ3) is 52.7. The summed E-state index contributed by atoms with van der Waals surface area (Å²) in [6, 6.07) is -1.02. The van der Waals surface area contributed by atoms with E-state index in [-0.39, 0.29) is 13.0 Å². The Kier molecular flexibility index (Phi) is 62.4. The van der Waals surface area contributed by atoms with E-state index in [9.17, 15) is 35.1 Å². The molecule has 1 aliphatic heterocycles. The lowest BCUT2D eigenvalue weighted by atomic mass is 9.99. The Morgan fingerprint density at radius 1 is 0.438 bits per heavy atom. The highest BCUT2D eigenvalue weighted by molar-refractivity contribution is 5.80. The fourth-order valence-corrected chi connectivity index (χ4v) is 12.2. The molecular weight excluding hydrogens is 1110 g/mol. The first kappa shape index (κ1) is 84.6. The zero-order chi connectivity index (χ0) is 64.6. The molecule has 522 valence electrons. The van der Waals surface area contributed by atoms with Crippen LogP contribution in [0.4, 0.5) is 0 Å². The lowest BCUT2D eigenvalue weighted by Gasteiger charge is -2.41. The number of amides is 1. The van der Waals surface area contributed by atoms with Crippen molar-refractivity contribution in [3.8, 4) is 0 Å². The van der Waals surface area contributed by atoms with Gasteiger partial charge in [0, 0.05) is 6.42 Å². The summed E-state index contributed by atoms with van der Waals surface area (Å²) in [5.74, 6) is -1.18. The van der Waals surface area contributed by atoms with Crippen LogP contribution < -0.4 is 5.32 Å². The molecule has 0 spiro atoms. The minimum absolute atomic E-state index is 0.127. The Hall–Kier alpha value is -2.38. The van der Waals surface area contributed by atoms with Crippen molar-refractivity contribution in [2.45, 2.75) is 423 Å². The van der Waals surface area contributed by atoms with Crippen molar-refractivity contribution in [1.29, 1.82) is 0 Å². The highest BCUT2D eigenvalue weighted by atomic mass is 16.7. The molecular formula is C78H145NO10. The summed E-state index contributed by atoms with van der Waals surface area (Å²) in [4.78, 5) is 26.8. The first-order chi connectivity index (χ1) is 43.7. The molecule has 8 atom stereocenters. The number of hydrogen-bond acceptors (Lipinski definition) is 10. The summed E-state index contributed by atoms with van der Waals surface area (Å²) in [6.45, 7) is 5.83. The number of allylic oxidation sites excluding steroid dienone is 7. The molecule has 0 radical (unpaired) electrons. The maximum Gasteiger partial charge on any atom is 0.306 e. The molecule has 0 aromatic rings. The number of carbonyl (C=O) groups excluding carboxylic acids is 2. The smallest absolute Gasteiger partial charge is 0.306 e. The topological polar surface area (TPSA) is 175 Å². The molecule has 0 aliphatic carbocycles. The minimum Gasteiger partial charge on any atom is -0.454 e. The van der Waals surface area contributed by atoms with E-state index in [1.807, 2.05) is 6.08 Å². The maximum atomic E-state index is 13.5. The van der Waals surface area contributed by atoms with Gasteiger partial charge in [0.2, 0.25) is 5.91 Å². The third-order valence-electron chi connectivity index (χ3n) is 18.2. The van der Waals surface area contributed by atoms with Gasteiger partial charge in [-0.25, -0.2) is 0 Å². The summed E-state index contributed by atoms with van der Waals surface area (Å²) >= 11 is 0. The monoisotopic (exact) mass is 1260 g/mol. The first-order valence-corrected chi connectivity index (χ1v) is 38.4. The lowest BCUT2D eigenvalue weighted by Crippen LogP contribution is -2.61. The Morgan fingerprint density at radius 2 is 0.775 bits per heavy atom. The van der Waals surface area contributed by atoms with Gasteiger partial charge in [-0.15, -0.1) is 0 Å². The SMILES string of the molecule is CCCCC/C=C\C/C=C\CCCCCCCCCCCCCCCCC(O)C(=O)NC(COC1OC(CO)C(O)C(O)C1OC(=O)CCCCCCCCCCCCCCC/C=C/CCCCCCCC)C(O)/C=C/CCCCCCCCCCCCC. The molecule has 1 fully saturated rings. The van der Waals surface area contributed by atoms with Crippen LogP contribution in [0.2, 0.25) is 0 Å². The van der Waals surface area contributed by atoms with Crippen LogP contribution in [0.3, 0.4) is 0 Å². The highest BCUT2D eigenvalue weighted by Crippen LogP contribution is 2.27. The van der Waals surface area contributed by atoms with Crippen molar-refractivity contribution < 1.29 is 49.3 Å². The molecule has 0 bridgehead atoms. The van der Waals surface area contributed by atoms with Crippen LogP contribution in [0.5, 0.6) is 0 Å². The number of hydrogen-bond donors (Lipinski definition) is 6. The van der Waals surface area contributed by atoms with E-state index in [1.165, 1.54) is 263 Å². The molecule has 0 aromatic carbocycles. The van der Waals surface area contributed by atoms with Crippen molar-refractivity contribution in [2.24, 2.45) is 0 Å². The van der Waals surface area contributed by atoms with Gasteiger partial charge in [0.15, 0.2) is 12.4 Å². The van der Waals surface area contributed by atoms with Crippen molar-refractivity contribution in [3.05, 3.63) is 48.6 Å². The van der Waals surface area contributed by atoms with Gasteiger partial charge in [-0.3, -0.25) is 9.59 Å². The second-order valence-corrected chi connectivity index (χ2v) is 26.7. The van der Waals surface area contributed by atoms with Crippen molar-refractivity contribution in [2.75, 3.05) is 13.2 Å². The third-order valence-corrected chi connectivity index (χ3v) is 18.2. The van der Waals surface area contributed by atoms with Gasteiger partial charge >= 0.3 is 5.97 Å². The van der Waals surface area contributed by atoms with Crippen molar-refractivity contribution in [3.63, 3.8) is 0 Å². The van der Waals surface area contributed by atoms with E-state index in [1.54, 1.807) is 6.08 Å². The Bertz CT molecular complexity index is 1640. The largest absolute Gasteiger partial charge is 0.454 e. The number of aliphatic hydroxyl groups excluding tert-OH is 5. The molecule has 1 amide bonds. The highest BCUT2D eigenvalue weighted by Gasteiger charge is 2.47. The van der Waals surface area contributed by atoms with Crippen LogP contribution >= 0.6 is 0 Å². The summed E-state index contributed by atoms with van der Waals surface area (Å²) in [5, 5.41) is 57.4. The van der Waals surface area contributed by atoms with Gasteiger partial charge < -0.3 is 45.1 Å². The Balaban J connectivity index is 2.54. The van der Waals surface area contributed by atoms with Gasteiger partial charge in [-0.2, -0.15) is 0 Å². The van der Waals surface area contributed by atoms with E-state index >= 15 is 0 Å². The zero-order valence-electron chi connectivity index (χ0n) is 58.3.